The van der Waals surface area contributed by atoms with Crippen LogP contribution in [0.25, 0.3) is 0 Å². The minimum absolute atomic E-state index is 0. The third-order valence-electron chi connectivity index (χ3n) is 3.52. The molecule has 0 bridgehead atoms. The van der Waals surface area contributed by atoms with Crippen LogP contribution in [0.4, 0.5) is 0 Å². The molecule has 1 aliphatic rings. The highest BCUT2D eigenvalue weighted by Gasteiger charge is 2.20. The molecule has 2 rings (SSSR count). The SMILES string of the molecule is CCNC(=NCCCOCC1CC1)N(C)Cc1csc(C)n1.I. The Morgan fingerprint density at radius 1 is 1.52 bits per heavy atom. The van der Waals surface area contributed by atoms with Gasteiger partial charge in [-0.05, 0) is 39.0 Å². The minimum Gasteiger partial charge on any atom is -0.381 e. The summed E-state index contributed by atoms with van der Waals surface area (Å²) in [5, 5.41) is 6.56. The van der Waals surface area contributed by atoms with Gasteiger partial charge in [-0.15, -0.1) is 35.3 Å². The molecule has 0 atom stereocenters. The van der Waals surface area contributed by atoms with Crippen molar-refractivity contribution >= 4 is 41.3 Å². The van der Waals surface area contributed by atoms with Crippen LogP contribution in [0.5, 0.6) is 0 Å². The predicted octanol–water partition coefficient (Wildman–Crippen LogP) is 3.28. The van der Waals surface area contributed by atoms with Crippen molar-refractivity contribution in [2.45, 2.75) is 39.7 Å². The van der Waals surface area contributed by atoms with Crippen LogP contribution in [0.1, 0.15) is 36.9 Å². The zero-order valence-corrected chi connectivity index (χ0v) is 17.5. The summed E-state index contributed by atoms with van der Waals surface area (Å²) in [6, 6.07) is 0. The predicted molar refractivity (Wildman–Crippen MR) is 108 cm³/mol. The number of hydrogen-bond acceptors (Lipinski definition) is 4. The summed E-state index contributed by atoms with van der Waals surface area (Å²) < 4.78 is 5.65. The molecule has 0 unspecified atom stereocenters. The van der Waals surface area contributed by atoms with E-state index in [1.54, 1.807) is 11.3 Å². The lowest BCUT2D eigenvalue weighted by molar-refractivity contribution is 0.123. The second-order valence-corrected chi connectivity index (χ2v) is 6.88. The molecule has 0 saturated heterocycles. The molecule has 7 heteroatoms. The van der Waals surface area contributed by atoms with Gasteiger partial charge in [0.05, 0.1) is 17.2 Å². The normalized spacial score (nSPS) is 14.5. The van der Waals surface area contributed by atoms with Gasteiger partial charge in [-0.3, -0.25) is 4.99 Å². The first-order valence-electron chi connectivity index (χ1n) is 8.17. The van der Waals surface area contributed by atoms with Gasteiger partial charge in [0.25, 0.3) is 0 Å². The molecule has 1 aromatic rings. The van der Waals surface area contributed by atoms with E-state index < -0.39 is 0 Å². The highest BCUT2D eigenvalue weighted by Crippen LogP contribution is 2.28. The number of nitrogens with zero attached hydrogens (tertiary/aromatic N) is 3. The van der Waals surface area contributed by atoms with Crippen LogP contribution >= 0.6 is 35.3 Å². The monoisotopic (exact) mass is 452 g/mol. The fourth-order valence-electron chi connectivity index (χ4n) is 2.15. The first-order valence-corrected chi connectivity index (χ1v) is 9.05. The van der Waals surface area contributed by atoms with Crippen molar-refractivity contribution < 1.29 is 4.74 Å². The molecule has 1 fully saturated rings. The topological polar surface area (TPSA) is 49.8 Å². The Kier molecular flexibility index (Phi) is 10.0. The minimum atomic E-state index is 0. The second-order valence-electron chi connectivity index (χ2n) is 5.82. The molecule has 0 amide bonds. The molecular weight excluding hydrogens is 423 g/mol. The van der Waals surface area contributed by atoms with Gasteiger partial charge >= 0.3 is 0 Å². The number of ether oxygens (including phenoxy) is 1. The van der Waals surface area contributed by atoms with E-state index in [0.717, 1.165) is 61.8 Å². The molecular formula is C16H29IN4OS. The molecule has 1 saturated carbocycles. The first kappa shape index (κ1) is 20.6. The van der Waals surface area contributed by atoms with Crippen LogP contribution in [-0.2, 0) is 11.3 Å². The molecule has 1 N–H and O–H groups in total. The quantitative estimate of drug-likeness (QED) is 0.271. The van der Waals surface area contributed by atoms with Crippen LogP contribution in [0.2, 0.25) is 0 Å². The van der Waals surface area contributed by atoms with E-state index in [0.29, 0.717) is 0 Å². The molecule has 1 heterocycles. The highest BCUT2D eigenvalue weighted by molar-refractivity contribution is 14.0. The zero-order chi connectivity index (χ0) is 15.8. The second kappa shape index (κ2) is 11.2. The van der Waals surface area contributed by atoms with Crippen molar-refractivity contribution in [1.82, 2.24) is 15.2 Å². The van der Waals surface area contributed by atoms with E-state index in [9.17, 15) is 0 Å². The first-order chi connectivity index (χ1) is 10.7. The molecule has 23 heavy (non-hydrogen) atoms. The van der Waals surface area contributed by atoms with Gasteiger partial charge in [-0.1, -0.05) is 0 Å². The van der Waals surface area contributed by atoms with Crippen LogP contribution in [0.3, 0.4) is 0 Å². The third-order valence-corrected chi connectivity index (χ3v) is 4.34. The van der Waals surface area contributed by atoms with Gasteiger partial charge in [0.15, 0.2) is 5.96 Å². The number of guanidine groups is 1. The number of thiazole rings is 1. The fraction of sp³-hybridized carbons (Fsp3) is 0.750. The number of aliphatic imine (C=N–C) groups is 1. The van der Waals surface area contributed by atoms with E-state index in [-0.39, 0.29) is 24.0 Å². The van der Waals surface area contributed by atoms with E-state index in [1.165, 1.54) is 12.8 Å². The maximum absolute atomic E-state index is 5.65. The van der Waals surface area contributed by atoms with Gasteiger partial charge in [-0.25, -0.2) is 4.98 Å². The number of nitrogens with one attached hydrogen (secondary N) is 1. The summed E-state index contributed by atoms with van der Waals surface area (Å²) in [5.74, 6) is 1.78. The molecule has 0 spiro atoms. The number of hydrogen-bond donors (Lipinski definition) is 1. The molecule has 5 nitrogen and oxygen atoms in total. The molecule has 0 aromatic carbocycles. The largest absolute Gasteiger partial charge is 0.381 e. The van der Waals surface area contributed by atoms with Crippen LogP contribution in [-0.4, -0.2) is 49.2 Å². The lowest BCUT2D eigenvalue weighted by Gasteiger charge is -2.21. The van der Waals surface area contributed by atoms with Crippen LogP contribution in [0, 0.1) is 12.8 Å². The molecule has 0 aliphatic heterocycles. The Hall–Kier alpha value is -0.410. The van der Waals surface area contributed by atoms with Crippen LogP contribution in [0.15, 0.2) is 10.4 Å². The summed E-state index contributed by atoms with van der Waals surface area (Å²) in [7, 11) is 2.06. The number of aryl methyl sites for hydroxylation is 1. The maximum atomic E-state index is 5.65. The van der Waals surface area contributed by atoms with Crippen molar-refractivity contribution in [1.29, 1.82) is 0 Å². The Morgan fingerprint density at radius 2 is 2.30 bits per heavy atom. The van der Waals surface area contributed by atoms with Crippen molar-refractivity contribution in [2.24, 2.45) is 10.9 Å². The average Bonchev–Trinajstić information content (AvgIpc) is 3.23. The average molecular weight is 452 g/mol. The lowest BCUT2D eigenvalue weighted by atomic mass is 10.4. The van der Waals surface area contributed by atoms with Crippen molar-refractivity contribution in [2.75, 3.05) is 33.4 Å². The molecule has 1 aliphatic carbocycles. The Morgan fingerprint density at radius 3 is 2.91 bits per heavy atom. The van der Waals surface area contributed by atoms with Gasteiger partial charge in [0, 0.05) is 38.7 Å². The Bertz CT molecular complexity index is 476. The maximum Gasteiger partial charge on any atom is 0.194 e. The van der Waals surface area contributed by atoms with Gasteiger partial charge in [-0.2, -0.15) is 0 Å². The van der Waals surface area contributed by atoms with Gasteiger partial charge in [0.1, 0.15) is 0 Å². The summed E-state index contributed by atoms with van der Waals surface area (Å²) in [6.07, 6.45) is 3.68. The van der Waals surface area contributed by atoms with E-state index in [4.69, 9.17) is 4.74 Å². The smallest absolute Gasteiger partial charge is 0.194 e. The Balaban J connectivity index is 0.00000264. The zero-order valence-electron chi connectivity index (χ0n) is 14.4. The molecule has 1 aromatic heterocycles. The fourth-order valence-corrected chi connectivity index (χ4v) is 2.76. The standard InChI is InChI=1S/C16H28N4OS.HI/c1-4-17-16(18-8-5-9-21-11-14-6-7-14)20(3)10-15-12-22-13(2)19-15;/h12,14H,4-11H2,1-3H3,(H,17,18);1H. The van der Waals surface area contributed by atoms with Crippen molar-refractivity contribution in [3.8, 4) is 0 Å². The van der Waals surface area contributed by atoms with E-state index in [1.807, 2.05) is 6.92 Å². The summed E-state index contributed by atoms with van der Waals surface area (Å²) in [4.78, 5) is 11.3. The summed E-state index contributed by atoms with van der Waals surface area (Å²) in [6.45, 7) is 8.34. The summed E-state index contributed by atoms with van der Waals surface area (Å²) in [5.41, 5.74) is 1.10. The number of halogens is 1. The number of aromatic nitrogens is 1. The Labute approximate surface area is 160 Å². The summed E-state index contributed by atoms with van der Waals surface area (Å²) >= 11 is 1.69. The van der Waals surface area contributed by atoms with Gasteiger partial charge in [0.2, 0.25) is 0 Å². The number of rotatable bonds is 9. The molecule has 0 radical (unpaired) electrons. The van der Waals surface area contributed by atoms with E-state index >= 15 is 0 Å². The third kappa shape index (κ3) is 8.30. The van der Waals surface area contributed by atoms with Gasteiger partial charge < -0.3 is 15.0 Å². The van der Waals surface area contributed by atoms with Crippen molar-refractivity contribution in [3.05, 3.63) is 16.1 Å². The lowest BCUT2D eigenvalue weighted by Crippen LogP contribution is -2.38. The highest BCUT2D eigenvalue weighted by atomic mass is 127. The van der Waals surface area contributed by atoms with Crippen molar-refractivity contribution in [3.63, 3.8) is 0 Å². The van der Waals surface area contributed by atoms with E-state index in [2.05, 4.69) is 39.5 Å². The van der Waals surface area contributed by atoms with Crippen LogP contribution < -0.4 is 5.32 Å². The molecule has 132 valence electrons.